The van der Waals surface area contributed by atoms with Gasteiger partial charge in [-0.25, -0.2) is 9.55 Å². The minimum atomic E-state index is -2.52. The first-order valence-electron chi connectivity index (χ1n) is 8.12. The van der Waals surface area contributed by atoms with Gasteiger partial charge in [0.25, 0.3) is 0 Å². The molecule has 0 unspecified atom stereocenters. The number of para-hydroxylation sites is 2. The predicted octanol–water partition coefficient (Wildman–Crippen LogP) is 2.89. The lowest BCUT2D eigenvalue weighted by atomic mass is 10.3. The van der Waals surface area contributed by atoms with Crippen molar-refractivity contribution in [3.05, 3.63) is 30.6 Å². The van der Waals surface area contributed by atoms with Crippen LogP contribution in [0.4, 0.5) is 0 Å². The van der Waals surface area contributed by atoms with Crippen LogP contribution in [0.5, 0.6) is 0 Å². The number of H-pyrrole nitrogens is 1. The average Bonchev–Trinajstić information content (AvgIpc) is 2.92. The summed E-state index contributed by atoms with van der Waals surface area (Å²) in [5.74, 6) is 0. The summed E-state index contributed by atoms with van der Waals surface area (Å²) in [7, 11) is -2.52. The highest BCUT2D eigenvalue weighted by molar-refractivity contribution is 6.60. The van der Waals surface area contributed by atoms with Crippen molar-refractivity contribution < 1.29 is 17.8 Å². The number of aryl methyl sites for hydroxylation is 1. The number of hydrogen-bond donors (Lipinski definition) is 1. The van der Waals surface area contributed by atoms with Gasteiger partial charge in [-0.15, -0.1) is 0 Å². The van der Waals surface area contributed by atoms with Gasteiger partial charge in [-0.2, -0.15) is 0 Å². The van der Waals surface area contributed by atoms with Crippen molar-refractivity contribution in [3.8, 4) is 0 Å². The maximum Gasteiger partial charge on any atom is 0.501 e. The fraction of sp³-hybridized carbons (Fsp3) is 0.562. The third-order valence-electron chi connectivity index (χ3n) is 3.56. The van der Waals surface area contributed by atoms with Gasteiger partial charge < -0.3 is 13.3 Å². The zero-order valence-corrected chi connectivity index (χ0v) is 14.8. The van der Waals surface area contributed by atoms with E-state index in [1.54, 1.807) is 0 Å². The first-order chi connectivity index (χ1) is 10.7. The zero-order valence-electron chi connectivity index (χ0n) is 13.8. The first-order valence-corrected chi connectivity index (χ1v) is 10.0. The van der Waals surface area contributed by atoms with Gasteiger partial charge >= 0.3 is 8.80 Å². The van der Waals surface area contributed by atoms with E-state index in [4.69, 9.17) is 13.3 Å². The van der Waals surface area contributed by atoms with Crippen LogP contribution in [0.15, 0.2) is 30.6 Å². The molecule has 0 spiro atoms. The van der Waals surface area contributed by atoms with E-state index in [0.717, 1.165) is 24.5 Å². The summed E-state index contributed by atoms with van der Waals surface area (Å²) < 4.78 is 19.9. The van der Waals surface area contributed by atoms with Crippen LogP contribution in [0, 0.1) is 0 Å². The Morgan fingerprint density at radius 1 is 1.00 bits per heavy atom. The predicted molar refractivity (Wildman–Crippen MR) is 88.5 cm³/mol. The first kappa shape index (κ1) is 17.1. The molecule has 0 saturated carbocycles. The smallest absolute Gasteiger partial charge is 0.374 e. The molecule has 0 atom stereocenters. The van der Waals surface area contributed by atoms with Gasteiger partial charge in [-0.05, 0) is 39.3 Å². The van der Waals surface area contributed by atoms with E-state index in [1.807, 2.05) is 33.2 Å². The van der Waals surface area contributed by atoms with Gasteiger partial charge in [0.2, 0.25) is 6.33 Å². The van der Waals surface area contributed by atoms with Crippen LogP contribution in [0.2, 0.25) is 6.04 Å². The van der Waals surface area contributed by atoms with Crippen molar-refractivity contribution in [2.75, 3.05) is 19.8 Å². The number of nitrogens with one attached hydrogen (secondary N) is 1. The van der Waals surface area contributed by atoms with Crippen LogP contribution in [0.25, 0.3) is 11.0 Å². The van der Waals surface area contributed by atoms with E-state index in [0.29, 0.717) is 19.8 Å². The summed E-state index contributed by atoms with van der Waals surface area (Å²) in [6.45, 7) is 8.80. The minimum Gasteiger partial charge on any atom is -0.374 e. The summed E-state index contributed by atoms with van der Waals surface area (Å²) >= 11 is 0. The standard InChI is InChI=1S/C16H26N2O3Si/c1-4-19-22(20-5-2,21-6-3)13-9-12-18-14-17-15-10-7-8-11-16(15)18/h7-8,10-11,14H,4-6,9,12-13H2,1-3H3/p+1. The summed E-state index contributed by atoms with van der Waals surface area (Å²) in [6, 6.07) is 9.16. The lowest BCUT2D eigenvalue weighted by Gasteiger charge is -2.28. The van der Waals surface area contributed by atoms with Crippen LogP contribution < -0.4 is 4.57 Å². The Morgan fingerprint density at radius 3 is 2.27 bits per heavy atom. The molecule has 6 heteroatoms. The Kier molecular flexibility index (Phi) is 6.57. The van der Waals surface area contributed by atoms with Crippen LogP contribution in [0.3, 0.4) is 0 Å². The Hall–Kier alpha value is -1.21. The molecular weight excluding hydrogens is 296 g/mol. The Bertz CT molecular complexity index is 556. The molecule has 1 aromatic heterocycles. The molecule has 122 valence electrons. The molecule has 22 heavy (non-hydrogen) atoms. The lowest BCUT2D eigenvalue weighted by molar-refractivity contribution is -0.671. The molecule has 1 heterocycles. The Morgan fingerprint density at radius 2 is 1.64 bits per heavy atom. The number of aromatic amines is 1. The number of fused-ring (bicyclic) bond motifs is 1. The van der Waals surface area contributed by atoms with E-state index in [2.05, 4.69) is 27.8 Å². The van der Waals surface area contributed by atoms with E-state index < -0.39 is 8.80 Å². The largest absolute Gasteiger partial charge is 0.501 e. The molecule has 2 aromatic rings. The highest BCUT2D eigenvalue weighted by atomic mass is 28.4. The second kappa shape index (κ2) is 8.43. The third kappa shape index (κ3) is 4.16. The molecule has 0 aliphatic carbocycles. The fourth-order valence-electron chi connectivity index (χ4n) is 2.72. The molecule has 0 amide bonds. The van der Waals surface area contributed by atoms with Crippen molar-refractivity contribution >= 4 is 19.8 Å². The minimum absolute atomic E-state index is 0.631. The molecule has 0 bridgehead atoms. The molecule has 5 nitrogen and oxygen atoms in total. The van der Waals surface area contributed by atoms with Crippen molar-refractivity contribution in [2.45, 2.75) is 39.8 Å². The molecule has 0 radical (unpaired) electrons. The molecule has 1 aromatic carbocycles. The van der Waals surface area contributed by atoms with Crippen molar-refractivity contribution in [3.63, 3.8) is 0 Å². The molecule has 1 N–H and O–H groups in total. The number of hydrogen-bond acceptors (Lipinski definition) is 3. The molecule has 0 aliphatic rings. The van der Waals surface area contributed by atoms with Gasteiger partial charge in [-0.3, -0.25) is 0 Å². The van der Waals surface area contributed by atoms with E-state index in [9.17, 15) is 0 Å². The molecule has 2 rings (SSSR count). The number of rotatable bonds is 10. The summed E-state index contributed by atoms with van der Waals surface area (Å²) in [6.07, 6.45) is 2.99. The third-order valence-corrected chi connectivity index (χ3v) is 6.72. The summed E-state index contributed by atoms with van der Waals surface area (Å²) in [4.78, 5) is 3.29. The maximum absolute atomic E-state index is 5.89. The monoisotopic (exact) mass is 323 g/mol. The van der Waals surface area contributed by atoms with Crippen molar-refractivity contribution in [1.29, 1.82) is 0 Å². The maximum atomic E-state index is 5.89. The fourth-order valence-corrected chi connectivity index (χ4v) is 5.31. The SMILES string of the molecule is CCO[Si](CCC[n+]1c[nH]c2ccccc21)(OCC)OCC. The molecule has 0 fully saturated rings. The molecule has 0 aliphatic heterocycles. The van der Waals surface area contributed by atoms with E-state index >= 15 is 0 Å². The van der Waals surface area contributed by atoms with Gasteiger partial charge in [-0.1, -0.05) is 12.1 Å². The van der Waals surface area contributed by atoms with Crippen LogP contribution >= 0.6 is 0 Å². The number of imidazole rings is 1. The zero-order chi connectivity index (χ0) is 15.8. The second-order valence-electron chi connectivity index (χ2n) is 5.07. The van der Waals surface area contributed by atoms with Crippen molar-refractivity contribution in [2.24, 2.45) is 0 Å². The van der Waals surface area contributed by atoms with Crippen LogP contribution in [-0.2, 0) is 19.8 Å². The van der Waals surface area contributed by atoms with Crippen LogP contribution in [-0.4, -0.2) is 33.6 Å². The highest BCUT2D eigenvalue weighted by Crippen LogP contribution is 2.18. The van der Waals surface area contributed by atoms with Crippen LogP contribution in [0.1, 0.15) is 27.2 Å². The second-order valence-corrected chi connectivity index (χ2v) is 7.80. The number of nitrogens with zero attached hydrogens (tertiary/aromatic N) is 1. The molecule has 0 saturated heterocycles. The van der Waals surface area contributed by atoms with E-state index in [1.165, 1.54) is 5.52 Å². The summed E-state index contributed by atoms with van der Waals surface area (Å²) in [5, 5.41) is 0. The molecular formula is C16H27N2O3Si+. The van der Waals surface area contributed by atoms with Gasteiger partial charge in [0.05, 0.1) is 6.54 Å². The van der Waals surface area contributed by atoms with E-state index in [-0.39, 0.29) is 0 Å². The Labute approximate surface area is 133 Å². The number of benzene rings is 1. The van der Waals surface area contributed by atoms with Gasteiger partial charge in [0.15, 0.2) is 11.0 Å². The lowest BCUT2D eigenvalue weighted by Crippen LogP contribution is -2.46. The normalized spacial score (nSPS) is 12.1. The van der Waals surface area contributed by atoms with Gasteiger partial charge in [0.1, 0.15) is 0 Å². The highest BCUT2D eigenvalue weighted by Gasteiger charge is 2.39. The van der Waals surface area contributed by atoms with Crippen molar-refractivity contribution in [1.82, 2.24) is 4.98 Å². The Balaban J connectivity index is 1.99. The quantitative estimate of drug-likeness (QED) is 0.540. The summed E-state index contributed by atoms with van der Waals surface area (Å²) in [5.41, 5.74) is 2.38. The topological polar surface area (TPSA) is 47.4 Å². The average molecular weight is 323 g/mol. The number of aromatic nitrogens is 2. The van der Waals surface area contributed by atoms with Gasteiger partial charge in [0, 0.05) is 25.9 Å².